The van der Waals surface area contributed by atoms with Crippen molar-refractivity contribution in [3.63, 3.8) is 0 Å². The van der Waals surface area contributed by atoms with E-state index in [0.717, 1.165) is 0 Å². The van der Waals surface area contributed by atoms with Crippen molar-refractivity contribution < 1.29 is 23.9 Å². The van der Waals surface area contributed by atoms with Crippen molar-refractivity contribution in [2.75, 3.05) is 6.54 Å². The molecule has 1 aromatic carbocycles. The molecule has 0 fully saturated rings. The average molecular weight is 328 g/mol. The third-order valence-corrected chi connectivity index (χ3v) is 2.98. The highest BCUT2D eigenvalue weighted by atomic mass is 16.4. The molecule has 0 atom stereocenters. The van der Waals surface area contributed by atoms with Gasteiger partial charge in [-0.15, -0.1) is 0 Å². The molecule has 2 amide bonds. The Labute approximate surface area is 138 Å². The number of carboxylic acid groups (broad SMARTS) is 1. The van der Waals surface area contributed by atoms with Crippen LogP contribution in [0.1, 0.15) is 22.5 Å². The Kier molecular flexibility index (Phi) is 5.90. The maximum atomic E-state index is 12.2. The number of benzene rings is 1. The van der Waals surface area contributed by atoms with Gasteiger partial charge in [0.2, 0.25) is 0 Å². The first-order chi connectivity index (χ1) is 11.6. The summed E-state index contributed by atoms with van der Waals surface area (Å²) in [6.07, 6.45) is 2.59. The van der Waals surface area contributed by atoms with E-state index in [1.165, 1.54) is 12.3 Å². The van der Waals surface area contributed by atoms with Crippen molar-refractivity contribution in [1.29, 1.82) is 0 Å². The van der Waals surface area contributed by atoms with Gasteiger partial charge < -0.3 is 20.2 Å². The van der Waals surface area contributed by atoms with Crippen LogP contribution in [0.4, 0.5) is 0 Å². The molecule has 7 heteroatoms. The monoisotopic (exact) mass is 328 g/mol. The van der Waals surface area contributed by atoms with Crippen LogP contribution in [0.2, 0.25) is 0 Å². The first-order valence-electron chi connectivity index (χ1n) is 7.18. The van der Waals surface area contributed by atoms with Crippen LogP contribution in [0.3, 0.4) is 0 Å². The maximum Gasteiger partial charge on any atom is 0.305 e. The number of amides is 2. The fourth-order valence-corrected chi connectivity index (χ4v) is 1.84. The normalized spacial score (nSPS) is 10.9. The van der Waals surface area contributed by atoms with E-state index in [0.29, 0.717) is 11.3 Å². The first kappa shape index (κ1) is 17.0. The second-order valence-corrected chi connectivity index (χ2v) is 4.79. The Balaban J connectivity index is 2.12. The first-order valence-corrected chi connectivity index (χ1v) is 7.18. The predicted molar refractivity (Wildman–Crippen MR) is 85.9 cm³/mol. The van der Waals surface area contributed by atoms with E-state index in [1.807, 2.05) is 0 Å². The second kappa shape index (κ2) is 8.33. The number of furan rings is 1. The highest BCUT2D eigenvalue weighted by Gasteiger charge is 2.15. The lowest BCUT2D eigenvalue weighted by molar-refractivity contribution is -0.136. The molecule has 0 radical (unpaired) electrons. The Morgan fingerprint density at radius 1 is 1.08 bits per heavy atom. The fraction of sp³-hybridized carbons (Fsp3) is 0.118. The standard InChI is InChI=1S/C17H16N2O5/c20-15(21)8-9-18-17(23)14(11-13-7-4-10-24-13)19-16(22)12-5-2-1-3-6-12/h1-7,10-11H,8-9H2,(H,18,23)(H,19,22)(H,20,21)/b14-11-. The van der Waals surface area contributed by atoms with Crippen LogP contribution in [-0.4, -0.2) is 29.4 Å². The minimum Gasteiger partial charge on any atom is -0.481 e. The van der Waals surface area contributed by atoms with Crippen LogP contribution < -0.4 is 10.6 Å². The van der Waals surface area contributed by atoms with Crippen LogP contribution in [0, 0.1) is 0 Å². The van der Waals surface area contributed by atoms with Crippen molar-refractivity contribution in [3.05, 3.63) is 65.7 Å². The third-order valence-electron chi connectivity index (χ3n) is 2.98. The summed E-state index contributed by atoms with van der Waals surface area (Å²) in [5.74, 6) is -1.70. The number of carbonyl (C=O) groups is 3. The van der Waals surface area contributed by atoms with Gasteiger partial charge >= 0.3 is 5.97 Å². The summed E-state index contributed by atoms with van der Waals surface area (Å²) in [4.78, 5) is 34.9. The van der Waals surface area contributed by atoms with Crippen molar-refractivity contribution >= 4 is 23.9 Å². The van der Waals surface area contributed by atoms with E-state index in [1.54, 1.807) is 42.5 Å². The van der Waals surface area contributed by atoms with Gasteiger partial charge in [-0.2, -0.15) is 0 Å². The quantitative estimate of drug-likeness (QED) is 0.670. The number of hydrogen-bond acceptors (Lipinski definition) is 4. The van der Waals surface area contributed by atoms with Crippen LogP contribution in [0.5, 0.6) is 0 Å². The SMILES string of the molecule is O=C(O)CCNC(=O)/C(=C/c1ccco1)NC(=O)c1ccccc1. The summed E-state index contributed by atoms with van der Waals surface area (Å²) in [7, 11) is 0. The molecule has 124 valence electrons. The number of carbonyl (C=O) groups excluding carboxylic acids is 2. The van der Waals surface area contributed by atoms with Gasteiger partial charge in [-0.3, -0.25) is 14.4 Å². The summed E-state index contributed by atoms with van der Waals surface area (Å²) in [5, 5.41) is 13.6. The van der Waals surface area contributed by atoms with Crippen molar-refractivity contribution in [3.8, 4) is 0 Å². The predicted octanol–water partition coefficient (Wildman–Crippen LogP) is 1.64. The number of hydrogen-bond donors (Lipinski definition) is 3. The molecule has 0 bridgehead atoms. The van der Waals surface area contributed by atoms with Crippen LogP contribution >= 0.6 is 0 Å². The zero-order valence-corrected chi connectivity index (χ0v) is 12.7. The Bertz CT molecular complexity index is 736. The van der Waals surface area contributed by atoms with E-state index >= 15 is 0 Å². The van der Waals surface area contributed by atoms with Crippen LogP contribution in [0.25, 0.3) is 6.08 Å². The van der Waals surface area contributed by atoms with Gasteiger partial charge in [0, 0.05) is 18.2 Å². The Morgan fingerprint density at radius 2 is 1.83 bits per heavy atom. The molecule has 3 N–H and O–H groups in total. The van der Waals surface area contributed by atoms with E-state index < -0.39 is 17.8 Å². The molecule has 0 aliphatic heterocycles. The smallest absolute Gasteiger partial charge is 0.305 e. The molecule has 0 spiro atoms. The lowest BCUT2D eigenvalue weighted by Crippen LogP contribution is -2.35. The fourth-order valence-electron chi connectivity index (χ4n) is 1.84. The van der Waals surface area contributed by atoms with Crippen LogP contribution in [-0.2, 0) is 9.59 Å². The molecule has 0 saturated carbocycles. The van der Waals surface area contributed by atoms with Gasteiger partial charge in [0.15, 0.2) is 0 Å². The second-order valence-electron chi connectivity index (χ2n) is 4.79. The van der Waals surface area contributed by atoms with E-state index in [2.05, 4.69) is 10.6 Å². The Morgan fingerprint density at radius 3 is 2.46 bits per heavy atom. The summed E-state index contributed by atoms with van der Waals surface area (Å²) in [6.45, 7) is -0.0507. The zero-order chi connectivity index (χ0) is 17.4. The molecule has 0 saturated heterocycles. The number of carboxylic acids is 1. The summed E-state index contributed by atoms with van der Waals surface area (Å²) in [5.41, 5.74) is 0.352. The highest BCUT2D eigenvalue weighted by Crippen LogP contribution is 2.07. The number of rotatable bonds is 7. The minimum atomic E-state index is -1.03. The molecule has 2 rings (SSSR count). The minimum absolute atomic E-state index is 0.0378. The average Bonchev–Trinajstić information content (AvgIpc) is 3.07. The van der Waals surface area contributed by atoms with Gasteiger partial charge in [0.1, 0.15) is 11.5 Å². The van der Waals surface area contributed by atoms with Gasteiger partial charge in [-0.25, -0.2) is 0 Å². The van der Waals surface area contributed by atoms with Crippen molar-refractivity contribution in [2.24, 2.45) is 0 Å². The maximum absolute atomic E-state index is 12.2. The van der Waals surface area contributed by atoms with Crippen molar-refractivity contribution in [1.82, 2.24) is 10.6 Å². The Hall–Kier alpha value is -3.35. The van der Waals surface area contributed by atoms with Gasteiger partial charge in [-0.05, 0) is 24.3 Å². The third kappa shape index (κ3) is 5.13. The van der Waals surface area contributed by atoms with Gasteiger partial charge in [-0.1, -0.05) is 18.2 Å². The lowest BCUT2D eigenvalue weighted by atomic mass is 10.2. The van der Waals surface area contributed by atoms with Crippen LogP contribution in [0.15, 0.2) is 58.8 Å². The van der Waals surface area contributed by atoms with Crippen molar-refractivity contribution in [2.45, 2.75) is 6.42 Å². The molecule has 2 aromatic rings. The highest BCUT2D eigenvalue weighted by molar-refractivity contribution is 6.05. The largest absolute Gasteiger partial charge is 0.481 e. The molecular formula is C17H16N2O5. The zero-order valence-electron chi connectivity index (χ0n) is 12.7. The summed E-state index contributed by atoms with van der Waals surface area (Å²) >= 11 is 0. The molecule has 7 nitrogen and oxygen atoms in total. The number of nitrogens with one attached hydrogen (secondary N) is 2. The molecule has 0 aliphatic carbocycles. The summed E-state index contributed by atoms with van der Waals surface area (Å²) < 4.78 is 5.14. The summed E-state index contributed by atoms with van der Waals surface area (Å²) in [6, 6.07) is 11.7. The van der Waals surface area contributed by atoms with Gasteiger partial charge in [0.05, 0.1) is 12.7 Å². The molecule has 1 aromatic heterocycles. The molecular weight excluding hydrogens is 312 g/mol. The topological polar surface area (TPSA) is 109 Å². The van der Waals surface area contributed by atoms with E-state index in [-0.39, 0.29) is 18.7 Å². The molecule has 0 aliphatic rings. The van der Waals surface area contributed by atoms with Gasteiger partial charge in [0.25, 0.3) is 11.8 Å². The number of aliphatic carboxylic acids is 1. The molecule has 24 heavy (non-hydrogen) atoms. The molecule has 1 heterocycles. The van der Waals surface area contributed by atoms with E-state index in [4.69, 9.17) is 9.52 Å². The lowest BCUT2D eigenvalue weighted by Gasteiger charge is -2.10. The van der Waals surface area contributed by atoms with E-state index in [9.17, 15) is 14.4 Å². The molecule has 0 unspecified atom stereocenters.